The minimum absolute atomic E-state index is 0.0455. The van der Waals surface area contributed by atoms with Crippen LogP contribution in [0.3, 0.4) is 0 Å². The molecule has 1 aromatic carbocycles. The van der Waals surface area contributed by atoms with E-state index in [1.54, 1.807) is 4.68 Å². The second-order valence-electron chi connectivity index (χ2n) is 7.58. The Labute approximate surface area is 168 Å². The van der Waals surface area contributed by atoms with Crippen molar-refractivity contribution in [3.05, 3.63) is 69.7 Å². The van der Waals surface area contributed by atoms with Gasteiger partial charge in [0.05, 0.1) is 34.5 Å². The number of H-pyrrole nitrogens is 1. The average molecular weight is 389 g/mol. The van der Waals surface area contributed by atoms with Gasteiger partial charge in [-0.3, -0.25) is 14.7 Å². The first-order chi connectivity index (χ1) is 14.3. The fourth-order valence-corrected chi connectivity index (χ4v) is 3.95. The Morgan fingerprint density at radius 3 is 2.83 bits per heavy atom. The van der Waals surface area contributed by atoms with Gasteiger partial charge in [0.2, 0.25) is 0 Å². The second kappa shape index (κ2) is 7.71. The normalized spacial score (nSPS) is 17.0. The molecule has 0 fully saturated rings. The molecule has 2 aliphatic heterocycles. The van der Waals surface area contributed by atoms with Gasteiger partial charge in [-0.25, -0.2) is 9.67 Å². The highest BCUT2D eigenvalue weighted by molar-refractivity contribution is 5.97. The van der Waals surface area contributed by atoms with Crippen LogP contribution in [0.2, 0.25) is 0 Å². The second-order valence-corrected chi connectivity index (χ2v) is 7.58. The van der Waals surface area contributed by atoms with Gasteiger partial charge < -0.3 is 4.98 Å². The van der Waals surface area contributed by atoms with Crippen LogP contribution >= 0.6 is 0 Å². The summed E-state index contributed by atoms with van der Waals surface area (Å²) < 4.78 is 1.78. The summed E-state index contributed by atoms with van der Waals surface area (Å²) in [5.74, 6) is 0.660. The lowest BCUT2D eigenvalue weighted by molar-refractivity contribution is 0.238. The number of para-hydroxylation sites is 1. The van der Waals surface area contributed by atoms with E-state index in [1.807, 2.05) is 36.5 Å². The lowest BCUT2D eigenvalue weighted by atomic mass is 10.1. The number of aromatic nitrogens is 5. The summed E-state index contributed by atoms with van der Waals surface area (Å²) in [6.45, 7) is 2.89. The van der Waals surface area contributed by atoms with Gasteiger partial charge in [0.25, 0.3) is 5.56 Å². The molecule has 0 spiro atoms. The molecule has 0 atom stereocenters. The molecule has 148 valence electrons. The van der Waals surface area contributed by atoms with Gasteiger partial charge in [-0.1, -0.05) is 23.4 Å². The zero-order chi connectivity index (χ0) is 19.6. The fourth-order valence-electron chi connectivity index (χ4n) is 3.95. The van der Waals surface area contributed by atoms with Crippen LogP contribution in [0.1, 0.15) is 42.0 Å². The Bertz CT molecular complexity index is 1100. The van der Waals surface area contributed by atoms with Crippen molar-refractivity contribution in [2.45, 2.75) is 38.8 Å². The van der Waals surface area contributed by atoms with Crippen molar-refractivity contribution >= 4 is 5.71 Å². The van der Waals surface area contributed by atoms with E-state index < -0.39 is 0 Å². The molecule has 29 heavy (non-hydrogen) atoms. The quantitative estimate of drug-likeness (QED) is 0.736. The summed E-state index contributed by atoms with van der Waals surface area (Å²) in [5.41, 5.74) is 4.42. The molecule has 2 aromatic heterocycles. The van der Waals surface area contributed by atoms with Crippen molar-refractivity contribution in [3.63, 3.8) is 0 Å². The fraction of sp³-hybridized carbons (Fsp3) is 0.381. The molecule has 8 nitrogen and oxygen atoms in total. The van der Waals surface area contributed by atoms with Gasteiger partial charge in [-0.15, -0.1) is 5.10 Å². The first-order valence-electron chi connectivity index (χ1n) is 10.1. The molecule has 0 bridgehead atoms. The molecule has 1 N–H and O–H groups in total. The molecule has 0 unspecified atom stereocenters. The van der Waals surface area contributed by atoms with Crippen LogP contribution in [-0.2, 0) is 19.5 Å². The Kier molecular flexibility index (Phi) is 4.77. The van der Waals surface area contributed by atoms with E-state index in [9.17, 15) is 4.79 Å². The van der Waals surface area contributed by atoms with Crippen LogP contribution in [0.15, 0.2) is 46.3 Å². The van der Waals surface area contributed by atoms with Gasteiger partial charge in [0, 0.05) is 32.6 Å². The third-order valence-electron chi connectivity index (χ3n) is 5.49. The number of hydrogen-bond donors (Lipinski definition) is 1. The van der Waals surface area contributed by atoms with Crippen LogP contribution in [-0.4, -0.2) is 48.7 Å². The Morgan fingerprint density at radius 1 is 1.10 bits per heavy atom. The zero-order valence-corrected chi connectivity index (χ0v) is 16.2. The first kappa shape index (κ1) is 17.9. The van der Waals surface area contributed by atoms with E-state index in [-0.39, 0.29) is 5.56 Å². The summed E-state index contributed by atoms with van der Waals surface area (Å²) in [6.07, 6.45) is 5.81. The van der Waals surface area contributed by atoms with Crippen LogP contribution < -0.4 is 5.56 Å². The average Bonchev–Trinajstić information content (AvgIpc) is 3.24. The third kappa shape index (κ3) is 3.75. The number of aromatic amines is 1. The van der Waals surface area contributed by atoms with Crippen LogP contribution in [0.4, 0.5) is 0 Å². The van der Waals surface area contributed by atoms with E-state index in [0.717, 1.165) is 67.1 Å². The molecular weight excluding hydrogens is 366 g/mol. The van der Waals surface area contributed by atoms with Gasteiger partial charge >= 0.3 is 0 Å². The topological polar surface area (TPSA) is 92.1 Å². The van der Waals surface area contributed by atoms with Gasteiger partial charge in [-0.2, -0.15) is 0 Å². The number of hydrogen-bond acceptors (Lipinski definition) is 6. The standard InChI is InChI=1S/C21H23N7O/c29-21-17-14-27(12-15-13-28(26-25-15)16-6-2-1-3-7-16)11-9-18(17)23-20(24-21)19-8-4-5-10-22-19/h1-3,6-7,13H,4-5,8-12,14H2,(H,23,24,29). The van der Waals surface area contributed by atoms with E-state index in [2.05, 4.69) is 25.2 Å². The monoisotopic (exact) mass is 389 g/mol. The lowest BCUT2D eigenvalue weighted by Gasteiger charge is -2.27. The highest BCUT2D eigenvalue weighted by Gasteiger charge is 2.23. The van der Waals surface area contributed by atoms with E-state index in [0.29, 0.717) is 18.9 Å². The first-order valence-corrected chi connectivity index (χ1v) is 10.1. The molecule has 4 heterocycles. The minimum atomic E-state index is -0.0455. The number of rotatable bonds is 4. The molecule has 5 rings (SSSR count). The van der Waals surface area contributed by atoms with Crippen molar-refractivity contribution in [2.75, 3.05) is 13.1 Å². The molecule has 0 saturated carbocycles. The largest absolute Gasteiger partial charge is 0.305 e. The molecule has 0 amide bonds. The molecule has 2 aliphatic rings. The lowest BCUT2D eigenvalue weighted by Crippen LogP contribution is -2.36. The number of nitrogens with one attached hydrogen (secondary N) is 1. The maximum absolute atomic E-state index is 12.7. The molecule has 3 aromatic rings. The van der Waals surface area contributed by atoms with Crippen molar-refractivity contribution in [1.29, 1.82) is 0 Å². The Hall–Kier alpha value is -3.13. The number of fused-ring (bicyclic) bond motifs is 1. The van der Waals surface area contributed by atoms with E-state index >= 15 is 0 Å². The summed E-state index contributed by atoms with van der Waals surface area (Å²) in [5, 5.41) is 8.52. The van der Waals surface area contributed by atoms with Crippen molar-refractivity contribution < 1.29 is 0 Å². The van der Waals surface area contributed by atoms with Gasteiger partial charge in [-0.05, 0) is 31.4 Å². The summed E-state index contributed by atoms with van der Waals surface area (Å²) in [4.78, 5) is 27.2. The van der Waals surface area contributed by atoms with Gasteiger partial charge in [0.15, 0.2) is 5.82 Å². The Morgan fingerprint density at radius 2 is 2.00 bits per heavy atom. The molecular formula is C21H23N7O. The minimum Gasteiger partial charge on any atom is -0.305 e. The van der Waals surface area contributed by atoms with Crippen LogP contribution in [0.25, 0.3) is 5.69 Å². The summed E-state index contributed by atoms with van der Waals surface area (Å²) in [7, 11) is 0. The number of aliphatic imine (C=N–C) groups is 1. The Balaban J connectivity index is 1.32. The van der Waals surface area contributed by atoms with Gasteiger partial charge in [0.1, 0.15) is 0 Å². The predicted octanol–water partition coefficient (Wildman–Crippen LogP) is 1.88. The third-order valence-corrected chi connectivity index (χ3v) is 5.49. The highest BCUT2D eigenvalue weighted by atomic mass is 16.1. The highest BCUT2D eigenvalue weighted by Crippen LogP contribution is 2.18. The van der Waals surface area contributed by atoms with Crippen molar-refractivity contribution in [1.82, 2.24) is 29.9 Å². The van der Waals surface area contributed by atoms with Crippen molar-refractivity contribution in [3.8, 4) is 5.69 Å². The van der Waals surface area contributed by atoms with Crippen LogP contribution in [0, 0.1) is 0 Å². The van der Waals surface area contributed by atoms with E-state index in [1.165, 1.54) is 0 Å². The van der Waals surface area contributed by atoms with Crippen molar-refractivity contribution in [2.24, 2.45) is 4.99 Å². The summed E-state index contributed by atoms with van der Waals surface area (Å²) in [6, 6.07) is 9.92. The maximum Gasteiger partial charge on any atom is 0.255 e. The van der Waals surface area contributed by atoms with Crippen LogP contribution in [0.5, 0.6) is 0 Å². The number of benzene rings is 1. The smallest absolute Gasteiger partial charge is 0.255 e. The predicted molar refractivity (Wildman–Crippen MR) is 109 cm³/mol. The molecule has 0 radical (unpaired) electrons. The maximum atomic E-state index is 12.7. The SMILES string of the molecule is O=c1[nH]c(C2=NCCCC2)nc2c1CN(Cc1cn(-c3ccccc3)nn1)CC2. The molecule has 0 saturated heterocycles. The number of nitrogens with zero attached hydrogens (tertiary/aromatic N) is 6. The van der Waals surface area contributed by atoms with E-state index in [4.69, 9.17) is 4.98 Å². The molecule has 0 aliphatic carbocycles. The molecule has 8 heteroatoms. The zero-order valence-electron chi connectivity index (χ0n) is 16.2. The summed E-state index contributed by atoms with van der Waals surface area (Å²) >= 11 is 0.